The molecule has 0 radical (unpaired) electrons. The molecule has 29 heavy (non-hydrogen) atoms. The van der Waals surface area contributed by atoms with E-state index in [-0.39, 0.29) is 0 Å². The van der Waals surface area contributed by atoms with Crippen LogP contribution in [0.1, 0.15) is 27.5 Å². The van der Waals surface area contributed by atoms with Gasteiger partial charge < -0.3 is 16.8 Å². The maximum Gasteiger partial charge on any atom is 0.259 e. The first kappa shape index (κ1) is 20.5. The molecule has 0 aliphatic carbocycles. The van der Waals surface area contributed by atoms with Crippen molar-refractivity contribution in [1.82, 2.24) is 19.3 Å². The number of hydrogen-bond acceptors (Lipinski definition) is 7. The lowest BCUT2D eigenvalue weighted by Crippen LogP contribution is -2.09. The van der Waals surface area contributed by atoms with Crippen molar-refractivity contribution in [2.75, 3.05) is 11.9 Å². The molecule has 3 heterocycles. The Hall–Kier alpha value is -3.24. The number of anilines is 1. The summed E-state index contributed by atoms with van der Waals surface area (Å²) in [5.74, 6) is 0.348. The molecule has 3 aromatic heterocycles. The molecule has 0 aromatic carbocycles. The second kappa shape index (κ2) is 8.84. The number of carbonyl (C=O) groups is 1. The Kier molecular flexibility index (Phi) is 6.25. The normalized spacial score (nSPS) is 11.6. The molecule has 0 atom stereocenters. The molecule has 0 unspecified atom stereocenters. The predicted molar refractivity (Wildman–Crippen MR) is 117 cm³/mol. The minimum absolute atomic E-state index is 0.424. The number of nitrogens with one attached hydrogen (secondary N) is 1. The Morgan fingerprint density at radius 1 is 1.45 bits per heavy atom. The number of nitrogens with two attached hydrogens (primary N) is 2. The highest BCUT2D eigenvalue weighted by molar-refractivity contribution is 7.18. The van der Waals surface area contributed by atoms with Gasteiger partial charge >= 0.3 is 0 Å². The Balaban J connectivity index is 1.93. The van der Waals surface area contributed by atoms with E-state index < -0.39 is 5.91 Å². The number of aliphatic imine (C=N–C) groups is 1. The van der Waals surface area contributed by atoms with Crippen LogP contribution in [0.4, 0.5) is 5.00 Å². The van der Waals surface area contributed by atoms with Gasteiger partial charge in [0.2, 0.25) is 0 Å². The van der Waals surface area contributed by atoms with E-state index in [2.05, 4.69) is 27.1 Å². The summed E-state index contributed by atoms with van der Waals surface area (Å²) in [7, 11) is 1.86. The van der Waals surface area contributed by atoms with Gasteiger partial charge in [0, 0.05) is 31.4 Å². The minimum atomic E-state index is -0.424. The molecule has 0 aliphatic heterocycles. The van der Waals surface area contributed by atoms with Crippen LogP contribution < -0.4 is 16.8 Å². The molecule has 0 saturated carbocycles. The first-order valence-corrected chi connectivity index (χ1v) is 9.81. The lowest BCUT2D eigenvalue weighted by Gasteiger charge is -2.09. The zero-order valence-electron chi connectivity index (χ0n) is 16.4. The van der Waals surface area contributed by atoms with Crippen molar-refractivity contribution < 1.29 is 4.79 Å². The number of imidazole rings is 1. The summed E-state index contributed by atoms with van der Waals surface area (Å²) in [6, 6.07) is 1.90. The number of thiophene rings is 1. The lowest BCUT2D eigenvalue weighted by molar-refractivity contribution is 0.100. The molecule has 3 aromatic rings. The van der Waals surface area contributed by atoms with E-state index >= 15 is 0 Å². The second-order valence-corrected chi connectivity index (χ2v) is 7.54. The summed E-state index contributed by atoms with van der Waals surface area (Å²) in [5.41, 5.74) is 14.5. The Labute approximate surface area is 172 Å². The van der Waals surface area contributed by atoms with E-state index in [0.29, 0.717) is 24.4 Å². The number of hydrogen-bond donors (Lipinski definition) is 3. The summed E-state index contributed by atoms with van der Waals surface area (Å²) < 4.78 is 3.69. The largest absolute Gasteiger partial charge is 0.370 e. The van der Waals surface area contributed by atoms with Crippen molar-refractivity contribution >= 4 is 35.2 Å². The van der Waals surface area contributed by atoms with Crippen LogP contribution in [0.25, 0.3) is 17.5 Å². The maximum absolute atomic E-state index is 11.5. The molecule has 0 aliphatic rings. The molecule has 0 fully saturated rings. The van der Waals surface area contributed by atoms with Crippen LogP contribution in [0.15, 0.2) is 35.3 Å². The fourth-order valence-corrected chi connectivity index (χ4v) is 3.82. The van der Waals surface area contributed by atoms with Gasteiger partial charge in [0.05, 0.1) is 40.2 Å². The molecule has 1 amide bonds. The fourth-order valence-electron chi connectivity index (χ4n) is 2.90. The molecule has 9 nitrogen and oxygen atoms in total. The highest BCUT2D eigenvalue weighted by Crippen LogP contribution is 2.27. The SMILES string of the molecule is C=N/C(=C\n1c(-c2cnn(C)c2)cnc1CNc1cc(C)c(C(N)=O)s1)CCN. The van der Waals surface area contributed by atoms with Gasteiger partial charge in [-0.15, -0.1) is 11.3 Å². The van der Waals surface area contributed by atoms with Crippen LogP contribution >= 0.6 is 11.3 Å². The number of primary amides is 1. The number of carbonyl (C=O) groups excluding carboxylic acids is 1. The monoisotopic (exact) mass is 412 g/mol. The smallest absolute Gasteiger partial charge is 0.259 e. The van der Waals surface area contributed by atoms with Gasteiger partial charge in [-0.25, -0.2) is 4.98 Å². The summed E-state index contributed by atoms with van der Waals surface area (Å²) in [4.78, 5) is 20.7. The zero-order chi connectivity index (χ0) is 21.0. The summed E-state index contributed by atoms with van der Waals surface area (Å²) >= 11 is 1.33. The van der Waals surface area contributed by atoms with E-state index in [0.717, 1.165) is 33.3 Å². The van der Waals surface area contributed by atoms with Gasteiger partial charge in [0.1, 0.15) is 5.82 Å². The molecule has 0 spiro atoms. The van der Waals surface area contributed by atoms with Gasteiger partial charge in [-0.2, -0.15) is 5.10 Å². The molecule has 0 saturated heterocycles. The molecular formula is C19H24N8OS. The average molecular weight is 413 g/mol. The van der Waals surface area contributed by atoms with Crippen molar-refractivity contribution in [3.8, 4) is 11.3 Å². The Bertz CT molecular complexity index is 1060. The van der Waals surface area contributed by atoms with Crippen LogP contribution in [0.5, 0.6) is 0 Å². The summed E-state index contributed by atoms with van der Waals surface area (Å²) in [5, 5.41) is 8.41. The number of rotatable bonds is 9. The van der Waals surface area contributed by atoms with Crippen molar-refractivity contribution in [3.05, 3.63) is 46.6 Å². The van der Waals surface area contributed by atoms with Crippen LogP contribution in [0, 0.1) is 6.92 Å². The quantitative estimate of drug-likeness (QED) is 0.464. The van der Waals surface area contributed by atoms with Gasteiger partial charge in [-0.1, -0.05) is 0 Å². The van der Waals surface area contributed by atoms with E-state index in [1.807, 2.05) is 37.0 Å². The van der Waals surface area contributed by atoms with E-state index in [1.165, 1.54) is 11.3 Å². The Morgan fingerprint density at radius 2 is 2.24 bits per heavy atom. The first-order chi connectivity index (χ1) is 13.9. The highest BCUT2D eigenvalue weighted by atomic mass is 32.1. The van der Waals surface area contributed by atoms with Crippen molar-refractivity contribution in [3.63, 3.8) is 0 Å². The first-order valence-electron chi connectivity index (χ1n) is 8.99. The lowest BCUT2D eigenvalue weighted by atomic mass is 10.2. The van der Waals surface area contributed by atoms with Crippen LogP contribution in [-0.4, -0.2) is 38.5 Å². The Morgan fingerprint density at radius 3 is 2.83 bits per heavy atom. The zero-order valence-corrected chi connectivity index (χ0v) is 17.2. The third-order valence-corrected chi connectivity index (χ3v) is 5.53. The second-order valence-electron chi connectivity index (χ2n) is 6.49. The van der Waals surface area contributed by atoms with Gasteiger partial charge in [0.25, 0.3) is 5.91 Å². The molecule has 5 N–H and O–H groups in total. The highest BCUT2D eigenvalue weighted by Gasteiger charge is 2.14. The maximum atomic E-state index is 11.5. The standard InChI is InChI=1S/C19H24N8OS/c1-12-6-17(29-18(12)19(21)28)24-9-16-23-8-15(13-7-25-26(3)10-13)27(16)11-14(22-2)4-5-20/h6-8,10-11,24H,2,4-5,9,20H2,1,3H3,(H2,21,28)/b14-11-. The summed E-state index contributed by atoms with van der Waals surface area (Å²) in [6.07, 6.45) is 7.99. The van der Waals surface area contributed by atoms with Gasteiger partial charge in [0.15, 0.2) is 0 Å². The van der Waals surface area contributed by atoms with Gasteiger partial charge in [-0.05, 0) is 31.8 Å². The van der Waals surface area contributed by atoms with Crippen molar-refractivity contribution in [2.24, 2.45) is 23.5 Å². The molecule has 152 valence electrons. The topological polar surface area (TPSA) is 129 Å². The average Bonchev–Trinajstić information content (AvgIpc) is 3.38. The molecule has 0 bridgehead atoms. The van der Waals surface area contributed by atoms with Crippen molar-refractivity contribution in [1.29, 1.82) is 0 Å². The number of aromatic nitrogens is 4. The number of nitrogens with zero attached hydrogens (tertiary/aromatic N) is 5. The van der Waals surface area contributed by atoms with E-state index in [9.17, 15) is 4.79 Å². The van der Waals surface area contributed by atoms with Crippen LogP contribution in [0.3, 0.4) is 0 Å². The molecule has 10 heteroatoms. The summed E-state index contributed by atoms with van der Waals surface area (Å²) in [6.45, 7) is 6.42. The van der Waals surface area contributed by atoms with E-state index in [4.69, 9.17) is 11.5 Å². The molecular weight excluding hydrogens is 388 g/mol. The minimum Gasteiger partial charge on any atom is -0.370 e. The number of aryl methyl sites for hydroxylation is 2. The van der Waals surface area contributed by atoms with E-state index in [1.54, 1.807) is 17.1 Å². The third-order valence-electron chi connectivity index (χ3n) is 4.32. The van der Waals surface area contributed by atoms with Crippen LogP contribution in [0.2, 0.25) is 0 Å². The van der Waals surface area contributed by atoms with Crippen LogP contribution in [-0.2, 0) is 13.6 Å². The molecule has 3 rings (SSSR count). The predicted octanol–water partition coefficient (Wildman–Crippen LogP) is 2.21. The number of amides is 1. The third kappa shape index (κ3) is 4.61. The van der Waals surface area contributed by atoms with Gasteiger partial charge in [-0.3, -0.25) is 19.0 Å². The van der Waals surface area contributed by atoms with Crippen molar-refractivity contribution in [2.45, 2.75) is 19.9 Å². The fraction of sp³-hybridized carbons (Fsp3) is 0.263.